The van der Waals surface area contributed by atoms with Crippen molar-refractivity contribution in [1.82, 2.24) is 5.43 Å². The van der Waals surface area contributed by atoms with E-state index in [1.165, 1.54) is 13.3 Å². The highest BCUT2D eigenvalue weighted by Crippen LogP contribution is 2.18. The number of benzene rings is 2. The Hall–Kier alpha value is -3.35. The Morgan fingerprint density at radius 3 is 2.54 bits per heavy atom. The quantitative estimate of drug-likeness (QED) is 0.481. The van der Waals surface area contributed by atoms with Crippen LogP contribution in [0.15, 0.2) is 53.6 Å². The largest absolute Gasteiger partial charge is 0.488 e. The Bertz CT molecular complexity index is 742. The number of esters is 1. The number of nitrogens with one attached hydrogen (secondary N) is 1. The minimum Gasteiger partial charge on any atom is -0.488 e. The number of hydrogen-bond donors (Lipinski definition) is 2. The molecule has 0 radical (unpaired) electrons. The fourth-order valence-corrected chi connectivity index (χ4v) is 1.90. The molecule has 0 aliphatic carbocycles. The summed E-state index contributed by atoms with van der Waals surface area (Å²) in [5.41, 5.74) is 9.13. The lowest BCUT2D eigenvalue weighted by Gasteiger charge is -2.09. The van der Waals surface area contributed by atoms with Gasteiger partial charge in [-0.3, -0.25) is 0 Å². The first kappa shape index (κ1) is 17.0. The third kappa shape index (κ3) is 4.84. The number of nitrogens with zero attached hydrogens (tertiary/aromatic N) is 1. The van der Waals surface area contributed by atoms with E-state index in [2.05, 4.69) is 15.3 Å². The van der Waals surface area contributed by atoms with Gasteiger partial charge in [0.2, 0.25) is 0 Å². The zero-order chi connectivity index (χ0) is 17.4. The summed E-state index contributed by atoms with van der Waals surface area (Å²) < 4.78 is 10.4. The van der Waals surface area contributed by atoms with Crippen LogP contribution in [0.3, 0.4) is 0 Å². The van der Waals surface area contributed by atoms with E-state index in [4.69, 9.17) is 10.5 Å². The van der Waals surface area contributed by atoms with Crippen LogP contribution in [-0.2, 0) is 11.3 Å². The van der Waals surface area contributed by atoms with Crippen molar-refractivity contribution in [1.29, 1.82) is 0 Å². The average Bonchev–Trinajstić information content (AvgIpc) is 2.60. The van der Waals surface area contributed by atoms with Crippen LogP contribution >= 0.6 is 0 Å². The van der Waals surface area contributed by atoms with E-state index in [0.717, 1.165) is 5.56 Å². The van der Waals surface area contributed by atoms with Crippen LogP contribution in [0, 0.1) is 0 Å². The molecule has 2 rings (SSSR count). The lowest BCUT2D eigenvalue weighted by molar-refractivity contribution is 0.0600. The molecule has 0 atom stereocenters. The van der Waals surface area contributed by atoms with Crippen LogP contribution < -0.4 is 15.9 Å². The Balaban J connectivity index is 2.02. The third-order valence-electron chi connectivity index (χ3n) is 3.07. The van der Waals surface area contributed by atoms with E-state index in [0.29, 0.717) is 23.5 Å². The fourth-order valence-electron chi connectivity index (χ4n) is 1.90. The predicted molar refractivity (Wildman–Crippen MR) is 88.9 cm³/mol. The molecule has 0 fully saturated rings. The molecule has 24 heavy (non-hydrogen) atoms. The van der Waals surface area contributed by atoms with Gasteiger partial charge in [0.05, 0.1) is 18.9 Å². The highest BCUT2D eigenvalue weighted by molar-refractivity contribution is 5.89. The monoisotopic (exact) mass is 327 g/mol. The molecule has 124 valence electrons. The zero-order valence-electron chi connectivity index (χ0n) is 13.1. The first-order chi connectivity index (χ1) is 11.6. The lowest BCUT2D eigenvalue weighted by atomic mass is 10.1. The van der Waals surface area contributed by atoms with Crippen molar-refractivity contribution in [3.8, 4) is 5.75 Å². The summed E-state index contributed by atoms with van der Waals surface area (Å²) in [6.07, 6.45) is 1.44. The highest BCUT2D eigenvalue weighted by atomic mass is 16.5. The van der Waals surface area contributed by atoms with Crippen molar-refractivity contribution in [2.24, 2.45) is 10.8 Å². The second-order valence-corrected chi connectivity index (χ2v) is 4.75. The van der Waals surface area contributed by atoms with Gasteiger partial charge < -0.3 is 15.2 Å². The fraction of sp³-hybridized carbons (Fsp3) is 0.118. The lowest BCUT2D eigenvalue weighted by Crippen LogP contribution is -2.24. The van der Waals surface area contributed by atoms with E-state index in [-0.39, 0.29) is 5.97 Å². The van der Waals surface area contributed by atoms with Crippen molar-refractivity contribution in [2.45, 2.75) is 6.61 Å². The summed E-state index contributed by atoms with van der Waals surface area (Å²) in [7, 11) is 1.34. The van der Waals surface area contributed by atoms with Gasteiger partial charge in [-0.05, 0) is 29.8 Å². The molecule has 0 aromatic heterocycles. The second kappa shape index (κ2) is 8.33. The number of hydrazone groups is 1. The predicted octanol–water partition coefficient (Wildman–Crippen LogP) is 2.05. The zero-order valence-corrected chi connectivity index (χ0v) is 13.1. The number of ether oxygens (including phenoxy) is 2. The number of rotatable bonds is 6. The van der Waals surface area contributed by atoms with Gasteiger partial charge in [-0.15, -0.1) is 0 Å². The maximum absolute atomic E-state index is 11.4. The normalized spacial score (nSPS) is 10.4. The molecule has 0 spiro atoms. The molecule has 0 heterocycles. The van der Waals surface area contributed by atoms with Crippen molar-refractivity contribution < 1.29 is 19.1 Å². The Kier molecular flexibility index (Phi) is 5.90. The standard InChI is InChI=1S/C17H17N3O4/c1-23-16(21)13-8-6-12(7-9-13)11-24-15-5-3-2-4-14(15)10-19-20-17(18)22/h2-10H,11H2,1H3,(H3,18,20,22)/b19-10+. The summed E-state index contributed by atoms with van der Waals surface area (Å²) in [6, 6.07) is 13.4. The van der Waals surface area contributed by atoms with E-state index in [9.17, 15) is 9.59 Å². The number of carbonyl (C=O) groups is 2. The van der Waals surface area contributed by atoms with Crippen LogP contribution in [-0.4, -0.2) is 25.3 Å². The first-order valence-corrected chi connectivity index (χ1v) is 7.07. The van der Waals surface area contributed by atoms with Crippen LogP contribution in [0.2, 0.25) is 0 Å². The van der Waals surface area contributed by atoms with Crippen LogP contribution in [0.1, 0.15) is 21.5 Å². The Morgan fingerprint density at radius 2 is 1.88 bits per heavy atom. The molecule has 0 bridgehead atoms. The molecule has 0 saturated heterocycles. The second-order valence-electron chi connectivity index (χ2n) is 4.75. The van der Waals surface area contributed by atoms with E-state index < -0.39 is 6.03 Å². The number of amides is 2. The molecule has 0 aliphatic heterocycles. The molecular weight excluding hydrogens is 310 g/mol. The highest BCUT2D eigenvalue weighted by Gasteiger charge is 2.05. The SMILES string of the molecule is COC(=O)c1ccc(COc2ccccc2/C=N/NC(N)=O)cc1. The topological polar surface area (TPSA) is 103 Å². The summed E-state index contributed by atoms with van der Waals surface area (Å²) in [5.74, 6) is 0.218. The number of methoxy groups -OCH3 is 1. The molecule has 0 aliphatic rings. The molecule has 7 heteroatoms. The molecule has 2 aromatic rings. The summed E-state index contributed by atoms with van der Waals surface area (Å²) in [6.45, 7) is 0.315. The van der Waals surface area contributed by atoms with Crippen molar-refractivity contribution in [2.75, 3.05) is 7.11 Å². The molecule has 2 amide bonds. The molecule has 2 aromatic carbocycles. The number of para-hydroxylation sites is 1. The van der Waals surface area contributed by atoms with Gasteiger partial charge in [0.25, 0.3) is 0 Å². The van der Waals surface area contributed by atoms with Crippen LogP contribution in [0.5, 0.6) is 5.75 Å². The molecule has 7 nitrogen and oxygen atoms in total. The van der Waals surface area contributed by atoms with Gasteiger partial charge in [-0.1, -0.05) is 24.3 Å². The summed E-state index contributed by atoms with van der Waals surface area (Å²) in [4.78, 5) is 22.0. The maximum atomic E-state index is 11.4. The molecule has 3 N–H and O–H groups in total. The minimum atomic E-state index is -0.740. The van der Waals surface area contributed by atoms with Crippen molar-refractivity contribution in [3.63, 3.8) is 0 Å². The third-order valence-corrected chi connectivity index (χ3v) is 3.07. The smallest absolute Gasteiger partial charge is 0.337 e. The van der Waals surface area contributed by atoms with Gasteiger partial charge in [-0.2, -0.15) is 5.10 Å². The van der Waals surface area contributed by atoms with Gasteiger partial charge in [0.15, 0.2) is 0 Å². The number of primary amides is 1. The van der Waals surface area contributed by atoms with Crippen LogP contribution in [0.25, 0.3) is 0 Å². The summed E-state index contributed by atoms with van der Waals surface area (Å²) in [5, 5.41) is 3.72. The number of nitrogens with two attached hydrogens (primary N) is 1. The van der Waals surface area contributed by atoms with Gasteiger partial charge in [-0.25, -0.2) is 15.0 Å². The van der Waals surface area contributed by atoms with Crippen LogP contribution in [0.4, 0.5) is 4.79 Å². The maximum Gasteiger partial charge on any atom is 0.337 e. The van der Waals surface area contributed by atoms with Crippen molar-refractivity contribution >= 4 is 18.2 Å². The van der Waals surface area contributed by atoms with E-state index in [1.807, 2.05) is 12.1 Å². The number of hydrogen-bond acceptors (Lipinski definition) is 5. The average molecular weight is 327 g/mol. The van der Waals surface area contributed by atoms with Gasteiger partial charge in [0, 0.05) is 5.56 Å². The van der Waals surface area contributed by atoms with Gasteiger partial charge >= 0.3 is 12.0 Å². The van der Waals surface area contributed by atoms with Gasteiger partial charge in [0.1, 0.15) is 12.4 Å². The number of urea groups is 1. The Morgan fingerprint density at radius 1 is 1.17 bits per heavy atom. The number of carbonyl (C=O) groups excluding carboxylic acids is 2. The molecule has 0 saturated carbocycles. The summed E-state index contributed by atoms with van der Waals surface area (Å²) >= 11 is 0. The minimum absolute atomic E-state index is 0.315. The van der Waals surface area contributed by atoms with E-state index >= 15 is 0 Å². The Labute approximate surface area is 139 Å². The first-order valence-electron chi connectivity index (χ1n) is 7.07. The van der Waals surface area contributed by atoms with Crippen molar-refractivity contribution in [3.05, 3.63) is 65.2 Å². The molecule has 0 unspecified atom stereocenters. The molecular formula is C17H17N3O4. The van der Waals surface area contributed by atoms with E-state index in [1.54, 1.807) is 36.4 Å².